The van der Waals surface area contributed by atoms with Crippen LogP contribution in [0.1, 0.15) is 27.8 Å². The molecule has 0 amide bonds. The van der Waals surface area contributed by atoms with Crippen molar-refractivity contribution in [2.75, 3.05) is 33.5 Å². The highest BCUT2D eigenvalue weighted by molar-refractivity contribution is 7.89. The molecule has 0 saturated carbocycles. The molecule has 6 heteroatoms. The predicted octanol–water partition coefficient (Wildman–Crippen LogP) is 2.17. The highest BCUT2D eigenvalue weighted by Gasteiger charge is 2.23. The molecule has 5 nitrogen and oxygen atoms in total. The highest BCUT2D eigenvalue weighted by atomic mass is 32.2. The van der Waals surface area contributed by atoms with Crippen molar-refractivity contribution in [1.29, 1.82) is 0 Å². The summed E-state index contributed by atoms with van der Waals surface area (Å²) < 4.78 is 37.9. The zero-order chi connectivity index (χ0) is 16.9. The minimum Gasteiger partial charge on any atom is -0.382 e. The number of nitrogens with one attached hydrogen (secondary N) is 1. The van der Waals surface area contributed by atoms with E-state index in [1.54, 1.807) is 7.11 Å². The Bertz CT molecular complexity index is 595. The maximum Gasteiger partial charge on any atom is 0.241 e. The van der Waals surface area contributed by atoms with Gasteiger partial charge in [0.15, 0.2) is 0 Å². The molecule has 1 aromatic rings. The molecule has 0 fully saturated rings. The van der Waals surface area contributed by atoms with Crippen LogP contribution in [-0.4, -0.2) is 41.9 Å². The zero-order valence-electron chi connectivity index (χ0n) is 14.4. The van der Waals surface area contributed by atoms with E-state index in [-0.39, 0.29) is 6.54 Å². The van der Waals surface area contributed by atoms with Crippen LogP contribution >= 0.6 is 0 Å². The average molecular weight is 329 g/mol. The maximum atomic E-state index is 12.6. The number of hydrogen-bond acceptors (Lipinski definition) is 4. The lowest BCUT2D eigenvalue weighted by atomic mass is 9.95. The lowest BCUT2D eigenvalue weighted by Crippen LogP contribution is -2.29. The number of methoxy groups -OCH3 is 1. The van der Waals surface area contributed by atoms with Crippen molar-refractivity contribution in [3.63, 3.8) is 0 Å². The third-order valence-corrected chi connectivity index (χ3v) is 5.90. The van der Waals surface area contributed by atoms with Crippen LogP contribution < -0.4 is 4.72 Å². The summed E-state index contributed by atoms with van der Waals surface area (Å²) in [4.78, 5) is 0.394. The van der Waals surface area contributed by atoms with Crippen molar-refractivity contribution in [2.24, 2.45) is 0 Å². The molecule has 0 radical (unpaired) electrons. The summed E-state index contributed by atoms with van der Waals surface area (Å²) in [6.45, 7) is 11.2. The van der Waals surface area contributed by atoms with Crippen molar-refractivity contribution in [3.8, 4) is 0 Å². The van der Waals surface area contributed by atoms with Gasteiger partial charge in [0.25, 0.3) is 0 Å². The van der Waals surface area contributed by atoms with E-state index in [2.05, 4.69) is 4.72 Å². The van der Waals surface area contributed by atoms with E-state index in [0.29, 0.717) is 24.7 Å². The van der Waals surface area contributed by atoms with Gasteiger partial charge >= 0.3 is 0 Å². The second kappa shape index (κ2) is 8.06. The van der Waals surface area contributed by atoms with E-state index < -0.39 is 10.0 Å². The van der Waals surface area contributed by atoms with Gasteiger partial charge in [-0.05, 0) is 62.4 Å². The van der Waals surface area contributed by atoms with Gasteiger partial charge in [-0.3, -0.25) is 0 Å². The summed E-state index contributed by atoms with van der Waals surface area (Å²) in [5, 5.41) is 0. The summed E-state index contributed by atoms with van der Waals surface area (Å²) >= 11 is 0. The standard InChI is InChI=1S/C16H27NO4S/c1-11-12(2)14(4)16(15(5)13(11)3)22(18,19)17-7-8-21-10-9-20-6/h17H,7-10H2,1-6H3. The quantitative estimate of drug-likeness (QED) is 0.743. The molecule has 0 unspecified atom stereocenters. The van der Waals surface area contributed by atoms with Crippen LogP contribution in [-0.2, 0) is 19.5 Å². The molecule has 0 spiro atoms. The summed E-state index contributed by atoms with van der Waals surface area (Å²) in [6.07, 6.45) is 0. The monoisotopic (exact) mass is 329 g/mol. The molecule has 1 N–H and O–H groups in total. The van der Waals surface area contributed by atoms with Crippen LogP contribution in [0.4, 0.5) is 0 Å². The van der Waals surface area contributed by atoms with Crippen molar-refractivity contribution in [3.05, 3.63) is 27.8 Å². The fourth-order valence-electron chi connectivity index (χ4n) is 2.43. The first kappa shape index (κ1) is 19.1. The molecule has 1 aromatic carbocycles. The molecule has 0 bridgehead atoms. The molecule has 126 valence electrons. The number of hydrogen-bond donors (Lipinski definition) is 1. The zero-order valence-corrected chi connectivity index (χ0v) is 15.2. The SMILES string of the molecule is COCCOCCNS(=O)(=O)c1c(C)c(C)c(C)c(C)c1C. The van der Waals surface area contributed by atoms with Crippen LogP contribution in [0.25, 0.3) is 0 Å². The first-order valence-electron chi connectivity index (χ1n) is 7.37. The fourth-order valence-corrected chi connectivity index (χ4v) is 4.04. The topological polar surface area (TPSA) is 64.6 Å². The minimum absolute atomic E-state index is 0.247. The van der Waals surface area contributed by atoms with Crippen molar-refractivity contribution < 1.29 is 17.9 Å². The van der Waals surface area contributed by atoms with Crippen LogP contribution in [0.2, 0.25) is 0 Å². The van der Waals surface area contributed by atoms with Crippen LogP contribution in [0.5, 0.6) is 0 Å². The third-order valence-electron chi connectivity index (χ3n) is 4.17. The molecule has 0 aliphatic rings. The molecule has 0 aromatic heterocycles. The predicted molar refractivity (Wildman–Crippen MR) is 88.0 cm³/mol. The number of rotatable bonds is 8. The Morgan fingerprint density at radius 3 is 1.82 bits per heavy atom. The molecule has 0 aliphatic carbocycles. The van der Waals surface area contributed by atoms with Gasteiger partial charge in [-0.15, -0.1) is 0 Å². The Labute approximate surface area is 134 Å². The van der Waals surface area contributed by atoms with Gasteiger partial charge in [0.2, 0.25) is 10.0 Å². The second-order valence-electron chi connectivity index (χ2n) is 5.46. The summed E-state index contributed by atoms with van der Waals surface area (Å²) in [5.41, 5.74) is 4.83. The number of sulfonamides is 1. The summed E-state index contributed by atoms with van der Waals surface area (Å²) in [7, 11) is -1.94. The smallest absolute Gasteiger partial charge is 0.241 e. The molecular weight excluding hydrogens is 302 g/mol. The van der Waals surface area contributed by atoms with Crippen LogP contribution in [0.3, 0.4) is 0 Å². The van der Waals surface area contributed by atoms with E-state index in [1.807, 2.05) is 34.6 Å². The fraction of sp³-hybridized carbons (Fsp3) is 0.625. The second-order valence-corrected chi connectivity index (χ2v) is 7.16. The summed E-state index contributed by atoms with van der Waals surface area (Å²) in [6, 6.07) is 0. The largest absolute Gasteiger partial charge is 0.382 e. The normalized spacial score (nSPS) is 11.9. The Balaban J connectivity index is 2.90. The minimum atomic E-state index is -3.54. The highest BCUT2D eigenvalue weighted by Crippen LogP contribution is 2.29. The summed E-state index contributed by atoms with van der Waals surface area (Å²) in [5.74, 6) is 0. The van der Waals surface area contributed by atoms with Gasteiger partial charge in [0, 0.05) is 13.7 Å². The van der Waals surface area contributed by atoms with E-state index in [9.17, 15) is 8.42 Å². The lowest BCUT2D eigenvalue weighted by Gasteiger charge is -2.19. The number of benzene rings is 1. The van der Waals surface area contributed by atoms with Gasteiger partial charge in [0.05, 0.1) is 24.7 Å². The van der Waals surface area contributed by atoms with Gasteiger partial charge in [-0.2, -0.15) is 0 Å². The Morgan fingerprint density at radius 2 is 1.32 bits per heavy atom. The first-order valence-corrected chi connectivity index (χ1v) is 8.85. The van der Waals surface area contributed by atoms with Gasteiger partial charge in [-0.25, -0.2) is 13.1 Å². The van der Waals surface area contributed by atoms with E-state index in [4.69, 9.17) is 9.47 Å². The molecule has 0 atom stereocenters. The van der Waals surface area contributed by atoms with E-state index in [1.165, 1.54) is 0 Å². The first-order chi connectivity index (χ1) is 10.2. The Hall–Kier alpha value is -0.950. The maximum absolute atomic E-state index is 12.6. The van der Waals surface area contributed by atoms with Crippen LogP contribution in [0, 0.1) is 34.6 Å². The van der Waals surface area contributed by atoms with E-state index in [0.717, 1.165) is 27.8 Å². The van der Waals surface area contributed by atoms with Gasteiger partial charge in [0.1, 0.15) is 0 Å². The molecular formula is C16H27NO4S. The molecule has 1 rings (SSSR count). The van der Waals surface area contributed by atoms with Crippen molar-refractivity contribution in [2.45, 2.75) is 39.5 Å². The molecule has 0 aliphatic heterocycles. The number of ether oxygens (including phenoxy) is 2. The van der Waals surface area contributed by atoms with Crippen molar-refractivity contribution in [1.82, 2.24) is 4.72 Å². The molecule has 0 saturated heterocycles. The van der Waals surface area contributed by atoms with E-state index >= 15 is 0 Å². The third kappa shape index (κ3) is 4.29. The average Bonchev–Trinajstić information content (AvgIpc) is 2.46. The van der Waals surface area contributed by atoms with Crippen LogP contribution in [0.15, 0.2) is 4.90 Å². The van der Waals surface area contributed by atoms with Gasteiger partial charge < -0.3 is 9.47 Å². The molecule has 0 heterocycles. The van der Waals surface area contributed by atoms with Crippen molar-refractivity contribution >= 4 is 10.0 Å². The lowest BCUT2D eigenvalue weighted by molar-refractivity contribution is 0.0736. The Kier molecular flexibility index (Phi) is 6.99. The Morgan fingerprint density at radius 1 is 0.818 bits per heavy atom. The van der Waals surface area contributed by atoms with Gasteiger partial charge in [-0.1, -0.05) is 0 Å². The molecule has 22 heavy (non-hydrogen) atoms.